The number of cyclic esters (lactones) is 1. The third-order valence-electron chi connectivity index (χ3n) is 6.01. The number of ether oxygens (including phenoxy) is 1. The summed E-state index contributed by atoms with van der Waals surface area (Å²) in [6, 6.07) is 31.4. The van der Waals surface area contributed by atoms with Gasteiger partial charge in [-0.25, -0.2) is 0 Å². The molecule has 3 aromatic rings. The molecule has 0 aliphatic carbocycles. The summed E-state index contributed by atoms with van der Waals surface area (Å²) in [6.07, 6.45) is 1.44. The van der Waals surface area contributed by atoms with Crippen LogP contribution in [0.25, 0.3) is 0 Å². The Morgan fingerprint density at radius 1 is 0.800 bits per heavy atom. The summed E-state index contributed by atoms with van der Waals surface area (Å²) in [6.45, 7) is 3.84. The minimum absolute atomic E-state index is 0.0600. The SMILES string of the molecule is CC(C1CC(Cc2ccccc2)C(=O)O1)N(Cc1ccccc1)Cc1ccccc1. The quantitative estimate of drug-likeness (QED) is 0.485. The molecule has 3 unspecified atom stereocenters. The maximum Gasteiger partial charge on any atom is 0.309 e. The number of hydrogen-bond acceptors (Lipinski definition) is 3. The number of carbonyl (C=O) groups is 1. The highest BCUT2D eigenvalue weighted by molar-refractivity contribution is 5.75. The smallest absolute Gasteiger partial charge is 0.309 e. The Morgan fingerprint density at radius 3 is 1.77 bits per heavy atom. The van der Waals surface area contributed by atoms with Gasteiger partial charge < -0.3 is 4.74 Å². The molecule has 0 bridgehead atoms. The zero-order valence-corrected chi connectivity index (χ0v) is 17.5. The molecule has 3 aromatic carbocycles. The van der Waals surface area contributed by atoms with Gasteiger partial charge in [-0.05, 0) is 36.5 Å². The van der Waals surface area contributed by atoms with Gasteiger partial charge in [-0.3, -0.25) is 9.69 Å². The second kappa shape index (κ2) is 9.73. The number of hydrogen-bond donors (Lipinski definition) is 0. The van der Waals surface area contributed by atoms with E-state index in [0.717, 1.165) is 25.9 Å². The zero-order valence-electron chi connectivity index (χ0n) is 17.5. The van der Waals surface area contributed by atoms with Crippen molar-refractivity contribution in [2.24, 2.45) is 5.92 Å². The minimum atomic E-state index is -0.0846. The van der Waals surface area contributed by atoms with E-state index in [1.54, 1.807) is 0 Å². The second-order valence-corrected chi connectivity index (χ2v) is 8.21. The van der Waals surface area contributed by atoms with Crippen LogP contribution in [0.4, 0.5) is 0 Å². The second-order valence-electron chi connectivity index (χ2n) is 8.21. The first-order valence-corrected chi connectivity index (χ1v) is 10.8. The Kier molecular flexibility index (Phi) is 6.60. The van der Waals surface area contributed by atoms with Crippen LogP contribution < -0.4 is 0 Å². The molecule has 1 aliphatic heterocycles. The summed E-state index contributed by atoms with van der Waals surface area (Å²) < 4.78 is 5.88. The van der Waals surface area contributed by atoms with Crippen molar-refractivity contribution in [3.63, 3.8) is 0 Å². The van der Waals surface area contributed by atoms with E-state index in [0.29, 0.717) is 0 Å². The first-order chi connectivity index (χ1) is 14.7. The van der Waals surface area contributed by atoms with Gasteiger partial charge >= 0.3 is 5.97 Å². The van der Waals surface area contributed by atoms with Gasteiger partial charge in [-0.1, -0.05) is 91.0 Å². The molecular formula is C27H29NO2. The van der Waals surface area contributed by atoms with Crippen LogP contribution in [0.1, 0.15) is 30.0 Å². The predicted molar refractivity (Wildman–Crippen MR) is 120 cm³/mol. The van der Waals surface area contributed by atoms with E-state index >= 15 is 0 Å². The number of benzene rings is 3. The maximum absolute atomic E-state index is 12.6. The van der Waals surface area contributed by atoms with Crippen molar-refractivity contribution in [3.05, 3.63) is 108 Å². The van der Waals surface area contributed by atoms with Crippen LogP contribution in [0.3, 0.4) is 0 Å². The van der Waals surface area contributed by atoms with Crippen molar-refractivity contribution in [3.8, 4) is 0 Å². The summed E-state index contributed by atoms with van der Waals surface area (Å²) in [5.74, 6) is -0.120. The highest BCUT2D eigenvalue weighted by Gasteiger charge is 2.39. The van der Waals surface area contributed by atoms with Crippen LogP contribution in [-0.2, 0) is 29.0 Å². The fourth-order valence-electron chi connectivity index (χ4n) is 4.25. The lowest BCUT2D eigenvalue weighted by Crippen LogP contribution is -2.40. The first kappa shape index (κ1) is 20.4. The van der Waals surface area contributed by atoms with Crippen molar-refractivity contribution in [1.82, 2.24) is 4.90 Å². The Hall–Kier alpha value is -2.91. The van der Waals surface area contributed by atoms with Gasteiger partial charge in [-0.2, -0.15) is 0 Å². The van der Waals surface area contributed by atoms with E-state index in [4.69, 9.17) is 4.74 Å². The molecule has 4 rings (SSSR count). The molecule has 3 heteroatoms. The van der Waals surface area contributed by atoms with Crippen molar-refractivity contribution < 1.29 is 9.53 Å². The fourth-order valence-corrected chi connectivity index (χ4v) is 4.25. The maximum atomic E-state index is 12.6. The Morgan fingerprint density at radius 2 is 1.27 bits per heavy atom. The van der Waals surface area contributed by atoms with Crippen molar-refractivity contribution in [1.29, 1.82) is 0 Å². The molecule has 0 spiro atoms. The van der Waals surface area contributed by atoms with E-state index < -0.39 is 0 Å². The third-order valence-corrected chi connectivity index (χ3v) is 6.01. The molecule has 154 valence electrons. The molecule has 0 aromatic heterocycles. The molecule has 1 saturated heterocycles. The van der Waals surface area contributed by atoms with Gasteiger partial charge in [0.1, 0.15) is 6.10 Å². The van der Waals surface area contributed by atoms with E-state index in [1.165, 1.54) is 16.7 Å². The van der Waals surface area contributed by atoms with Gasteiger partial charge in [0, 0.05) is 19.1 Å². The highest BCUT2D eigenvalue weighted by Crippen LogP contribution is 2.30. The number of carbonyl (C=O) groups excluding carboxylic acids is 1. The van der Waals surface area contributed by atoms with Crippen LogP contribution in [-0.4, -0.2) is 23.0 Å². The Labute approximate surface area is 179 Å². The van der Waals surface area contributed by atoms with E-state index in [-0.39, 0.29) is 24.0 Å². The summed E-state index contributed by atoms with van der Waals surface area (Å²) in [7, 11) is 0. The van der Waals surface area contributed by atoms with E-state index in [1.807, 2.05) is 30.3 Å². The number of rotatable bonds is 8. The van der Waals surface area contributed by atoms with E-state index in [2.05, 4.69) is 72.5 Å². The van der Waals surface area contributed by atoms with Gasteiger partial charge in [-0.15, -0.1) is 0 Å². The molecule has 3 atom stereocenters. The average molecular weight is 400 g/mol. The first-order valence-electron chi connectivity index (χ1n) is 10.8. The summed E-state index contributed by atoms with van der Waals surface area (Å²) in [5.41, 5.74) is 3.73. The van der Waals surface area contributed by atoms with Crippen molar-refractivity contribution in [2.45, 2.75) is 45.0 Å². The summed E-state index contributed by atoms with van der Waals surface area (Å²) in [4.78, 5) is 15.0. The predicted octanol–water partition coefficient (Wildman–Crippen LogP) is 5.25. The molecule has 1 fully saturated rings. The largest absolute Gasteiger partial charge is 0.460 e. The molecule has 30 heavy (non-hydrogen) atoms. The van der Waals surface area contributed by atoms with Crippen molar-refractivity contribution >= 4 is 5.97 Å². The molecule has 3 nitrogen and oxygen atoms in total. The molecular weight excluding hydrogens is 370 g/mol. The topological polar surface area (TPSA) is 29.5 Å². The van der Waals surface area contributed by atoms with Gasteiger partial charge in [0.25, 0.3) is 0 Å². The molecule has 1 aliphatic rings. The average Bonchev–Trinajstić information content (AvgIpc) is 3.15. The number of esters is 1. The lowest BCUT2D eigenvalue weighted by Gasteiger charge is -2.32. The lowest BCUT2D eigenvalue weighted by atomic mass is 9.94. The molecule has 0 radical (unpaired) electrons. The molecule has 0 amide bonds. The van der Waals surface area contributed by atoms with Gasteiger partial charge in [0.05, 0.1) is 5.92 Å². The fraction of sp³-hybridized carbons (Fsp3) is 0.296. The van der Waals surface area contributed by atoms with Crippen LogP contribution >= 0.6 is 0 Å². The summed E-state index contributed by atoms with van der Waals surface area (Å²) in [5, 5.41) is 0. The Bertz CT molecular complexity index is 885. The lowest BCUT2D eigenvalue weighted by molar-refractivity contribution is -0.146. The normalized spacial score (nSPS) is 19.6. The van der Waals surface area contributed by atoms with Crippen LogP contribution in [0.2, 0.25) is 0 Å². The zero-order chi connectivity index (χ0) is 20.8. The van der Waals surface area contributed by atoms with E-state index in [9.17, 15) is 4.79 Å². The number of nitrogens with zero attached hydrogens (tertiary/aromatic N) is 1. The summed E-state index contributed by atoms with van der Waals surface area (Å²) >= 11 is 0. The van der Waals surface area contributed by atoms with Gasteiger partial charge in [0.15, 0.2) is 0 Å². The molecule has 0 N–H and O–H groups in total. The third kappa shape index (κ3) is 5.17. The van der Waals surface area contributed by atoms with Crippen LogP contribution in [0.15, 0.2) is 91.0 Å². The van der Waals surface area contributed by atoms with Gasteiger partial charge in [0.2, 0.25) is 0 Å². The highest BCUT2D eigenvalue weighted by atomic mass is 16.6. The standard InChI is InChI=1S/C27H29NO2/c1-21(26-18-25(27(29)30-26)17-22-11-5-2-6-12-22)28(19-23-13-7-3-8-14-23)20-24-15-9-4-10-16-24/h2-16,21,25-26H,17-20H2,1H3. The monoisotopic (exact) mass is 399 g/mol. The van der Waals surface area contributed by atoms with Crippen molar-refractivity contribution in [2.75, 3.05) is 0 Å². The van der Waals surface area contributed by atoms with Crippen LogP contribution in [0.5, 0.6) is 0 Å². The molecule has 0 saturated carbocycles. The molecule has 1 heterocycles. The minimum Gasteiger partial charge on any atom is -0.460 e. The van der Waals surface area contributed by atoms with Crippen LogP contribution in [0, 0.1) is 5.92 Å². The Balaban J connectivity index is 1.47.